The lowest BCUT2D eigenvalue weighted by molar-refractivity contribution is -0.197. The Bertz CT molecular complexity index is 407. The monoisotopic (exact) mass is 311 g/mol. The summed E-state index contributed by atoms with van der Waals surface area (Å²) < 4.78 is 5.57. The summed E-state index contributed by atoms with van der Waals surface area (Å²) in [5.74, 6) is -0.402. The predicted molar refractivity (Wildman–Crippen MR) is 80.7 cm³/mol. The number of carbonyl (C=O) groups excluding carboxylic acids is 3. The summed E-state index contributed by atoms with van der Waals surface area (Å²) in [6, 6.07) is 0. The highest BCUT2D eigenvalue weighted by atomic mass is 16.7. The van der Waals surface area contributed by atoms with Gasteiger partial charge in [0.15, 0.2) is 0 Å². The van der Waals surface area contributed by atoms with Crippen LogP contribution in [0.5, 0.6) is 0 Å². The number of hydrogen-bond acceptors (Lipinski definition) is 5. The van der Waals surface area contributed by atoms with Crippen molar-refractivity contribution in [2.45, 2.75) is 51.6 Å². The Morgan fingerprint density at radius 3 is 2.73 bits per heavy atom. The van der Waals surface area contributed by atoms with Crippen LogP contribution in [0.15, 0.2) is 12.2 Å². The predicted octanol–water partition coefficient (Wildman–Crippen LogP) is 2.03. The van der Waals surface area contributed by atoms with E-state index < -0.39 is 11.9 Å². The van der Waals surface area contributed by atoms with Crippen molar-refractivity contribution in [3.05, 3.63) is 12.2 Å². The minimum Gasteiger partial charge on any atom is -0.366 e. The zero-order valence-electron chi connectivity index (χ0n) is 13.3. The first-order chi connectivity index (χ1) is 10.5. The molecule has 1 rings (SSSR count). The Kier molecular flexibility index (Phi) is 8.43. The molecule has 1 aliphatic rings. The Morgan fingerprint density at radius 1 is 1.27 bits per heavy atom. The van der Waals surface area contributed by atoms with Crippen molar-refractivity contribution in [3.8, 4) is 0 Å². The van der Waals surface area contributed by atoms with Crippen LogP contribution in [-0.4, -0.2) is 43.0 Å². The Hall–Kier alpha value is -1.69. The lowest BCUT2D eigenvalue weighted by Gasteiger charge is -2.21. The molecule has 2 unspecified atom stereocenters. The number of rotatable bonds is 6. The molecule has 0 bridgehead atoms. The first kappa shape index (κ1) is 18.4. The van der Waals surface area contributed by atoms with E-state index in [1.807, 2.05) is 0 Å². The zero-order chi connectivity index (χ0) is 16.4. The van der Waals surface area contributed by atoms with Crippen molar-refractivity contribution in [3.63, 3.8) is 0 Å². The molecule has 2 atom stereocenters. The molecule has 6 nitrogen and oxygen atoms in total. The number of nitrogens with zero attached hydrogens (tertiary/aromatic N) is 1. The van der Waals surface area contributed by atoms with Crippen LogP contribution < -0.4 is 0 Å². The van der Waals surface area contributed by atoms with Crippen LogP contribution >= 0.6 is 0 Å². The molecule has 0 saturated carbocycles. The fraction of sp³-hybridized carbons (Fsp3) is 0.688. The molecule has 0 radical (unpaired) electrons. The number of allylic oxidation sites excluding steroid dienone is 1. The molecule has 0 spiro atoms. The van der Waals surface area contributed by atoms with Gasteiger partial charge in [0.05, 0.1) is 6.10 Å². The van der Waals surface area contributed by atoms with Crippen LogP contribution in [0.3, 0.4) is 0 Å². The summed E-state index contributed by atoms with van der Waals surface area (Å²) in [5, 5.41) is 0.856. The molecule has 0 aromatic carbocycles. The molecule has 0 heterocycles. The van der Waals surface area contributed by atoms with E-state index in [4.69, 9.17) is 9.57 Å². The van der Waals surface area contributed by atoms with E-state index in [2.05, 4.69) is 19.1 Å². The summed E-state index contributed by atoms with van der Waals surface area (Å²) >= 11 is 0. The lowest BCUT2D eigenvalue weighted by atomic mass is 9.95. The Labute approximate surface area is 131 Å². The largest absolute Gasteiger partial charge is 0.366 e. The van der Waals surface area contributed by atoms with Gasteiger partial charge < -0.3 is 14.4 Å². The molecule has 1 amide bonds. The molecule has 0 saturated heterocycles. The quantitative estimate of drug-likeness (QED) is 0.426. The third-order valence-corrected chi connectivity index (χ3v) is 3.59. The highest BCUT2D eigenvalue weighted by Crippen LogP contribution is 2.19. The van der Waals surface area contributed by atoms with Crippen molar-refractivity contribution in [1.29, 1.82) is 0 Å². The molecule has 1 aliphatic carbocycles. The zero-order valence-corrected chi connectivity index (χ0v) is 13.3. The van der Waals surface area contributed by atoms with E-state index in [1.165, 1.54) is 7.05 Å². The SMILES string of the molecule is CC1C/C=C/CC(OCC(=O)ON(C)C(=O)CCC=O)CC1. The summed E-state index contributed by atoms with van der Waals surface area (Å²) in [6.45, 7) is 2.01. The van der Waals surface area contributed by atoms with E-state index in [0.29, 0.717) is 12.2 Å². The van der Waals surface area contributed by atoms with Crippen LogP contribution in [0.1, 0.15) is 45.4 Å². The first-order valence-electron chi connectivity index (χ1n) is 7.70. The van der Waals surface area contributed by atoms with E-state index >= 15 is 0 Å². The first-order valence-corrected chi connectivity index (χ1v) is 7.70. The summed E-state index contributed by atoms with van der Waals surface area (Å²) in [4.78, 5) is 38.2. The molecule has 0 N–H and O–H groups in total. The molecule has 0 fully saturated rings. The van der Waals surface area contributed by atoms with E-state index in [1.54, 1.807) is 0 Å². The number of carbonyl (C=O) groups is 3. The minimum absolute atomic E-state index is 0.00243. The summed E-state index contributed by atoms with van der Waals surface area (Å²) in [7, 11) is 1.35. The molecular formula is C16H25NO5. The average molecular weight is 311 g/mol. The molecule has 6 heteroatoms. The van der Waals surface area contributed by atoms with Crippen LogP contribution in [0, 0.1) is 5.92 Å². The Balaban J connectivity index is 2.29. The topological polar surface area (TPSA) is 72.9 Å². The maximum Gasteiger partial charge on any atom is 0.357 e. The van der Waals surface area contributed by atoms with Gasteiger partial charge in [-0.15, -0.1) is 0 Å². The van der Waals surface area contributed by atoms with E-state index in [-0.39, 0.29) is 25.6 Å². The number of amides is 1. The van der Waals surface area contributed by atoms with Gasteiger partial charge in [0.2, 0.25) is 0 Å². The van der Waals surface area contributed by atoms with Crippen molar-refractivity contribution < 1.29 is 24.0 Å². The molecule has 0 aliphatic heterocycles. The molecule has 124 valence electrons. The molecular weight excluding hydrogens is 286 g/mol. The highest BCUT2D eigenvalue weighted by molar-refractivity contribution is 5.79. The van der Waals surface area contributed by atoms with E-state index in [9.17, 15) is 14.4 Å². The normalized spacial score (nSPS) is 23.0. The third kappa shape index (κ3) is 7.36. The number of ether oxygens (including phenoxy) is 1. The molecule has 22 heavy (non-hydrogen) atoms. The van der Waals surface area contributed by atoms with Crippen LogP contribution in [-0.2, 0) is 24.0 Å². The van der Waals surface area contributed by atoms with Crippen molar-refractivity contribution >= 4 is 18.2 Å². The second-order valence-electron chi connectivity index (χ2n) is 5.62. The van der Waals surface area contributed by atoms with Crippen molar-refractivity contribution in [2.24, 2.45) is 5.92 Å². The number of hydroxylamine groups is 2. The highest BCUT2D eigenvalue weighted by Gasteiger charge is 2.17. The fourth-order valence-electron chi connectivity index (χ4n) is 2.19. The minimum atomic E-state index is -0.610. The van der Waals surface area contributed by atoms with Crippen LogP contribution in [0.2, 0.25) is 0 Å². The van der Waals surface area contributed by atoms with E-state index in [0.717, 1.165) is 30.7 Å². The Morgan fingerprint density at radius 2 is 2.00 bits per heavy atom. The van der Waals surface area contributed by atoms with Gasteiger partial charge in [-0.25, -0.2) is 4.79 Å². The van der Waals surface area contributed by atoms with Gasteiger partial charge in [-0.2, -0.15) is 5.06 Å². The van der Waals surface area contributed by atoms with Gasteiger partial charge in [-0.1, -0.05) is 19.1 Å². The van der Waals surface area contributed by atoms with Crippen molar-refractivity contribution in [2.75, 3.05) is 13.7 Å². The smallest absolute Gasteiger partial charge is 0.357 e. The maximum absolute atomic E-state index is 11.7. The average Bonchev–Trinajstić information content (AvgIpc) is 2.48. The maximum atomic E-state index is 11.7. The number of aldehydes is 1. The molecule has 0 aromatic heterocycles. The standard InChI is InChI=1S/C16H25NO5/c1-13-6-3-4-7-14(10-9-13)21-12-16(20)22-17(2)15(19)8-5-11-18/h3-4,11,13-14H,5-10,12H2,1-2H3/b4-3+. The second-order valence-corrected chi connectivity index (χ2v) is 5.62. The summed E-state index contributed by atoms with van der Waals surface area (Å²) in [5.41, 5.74) is 0. The van der Waals surface area contributed by atoms with Gasteiger partial charge >= 0.3 is 5.97 Å². The third-order valence-electron chi connectivity index (χ3n) is 3.59. The van der Waals surface area contributed by atoms with Gasteiger partial charge in [0.25, 0.3) is 5.91 Å². The van der Waals surface area contributed by atoms with Crippen molar-refractivity contribution in [1.82, 2.24) is 5.06 Å². The van der Waals surface area contributed by atoms with Gasteiger partial charge in [0, 0.05) is 19.9 Å². The van der Waals surface area contributed by atoms with Gasteiger partial charge in [-0.3, -0.25) is 4.79 Å². The fourth-order valence-corrected chi connectivity index (χ4v) is 2.19. The molecule has 0 aromatic rings. The second kappa shape index (κ2) is 10.1. The van der Waals surface area contributed by atoms with Crippen LogP contribution in [0.4, 0.5) is 0 Å². The lowest BCUT2D eigenvalue weighted by Crippen LogP contribution is -2.32. The van der Waals surface area contributed by atoms with Gasteiger partial charge in [0.1, 0.15) is 12.9 Å². The van der Waals surface area contributed by atoms with Gasteiger partial charge in [-0.05, 0) is 31.6 Å². The summed E-state index contributed by atoms with van der Waals surface area (Å²) in [6.07, 6.45) is 8.88. The van der Waals surface area contributed by atoms with Crippen LogP contribution in [0.25, 0.3) is 0 Å². The number of hydrogen-bond donors (Lipinski definition) is 0.